The number of amides is 1. The van der Waals surface area contributed by atoms with Crippen LogP contribution in [-0.2, 0) is 16.0 Å². The van der Waals surface area contributed by atoms with Crippen LogP contribution < -0.4 is 0 Å². The van der Waals surface area contributed by atoms with Gasteiger partial charge in [0.2, 0.25) is 5.91 Å². The number of likely N-dealkylation sites (N-methyl/N-ethyl adjacent to an activating group) is 1. The first-order valence-corrected chi connectivity index (χ1v) is 6.44. The monoisotopic (exact) mass is 275 g/mol. The quantitative estimate of drug-likeness (QED) is 0.889. The van der Waals surface area contributed by atoms with Crippen LogP contribution in [0.25, 0.3) is 5.65 Å². The summed E-state index contributed by atoms with van der Waals surface area (Å²) in [7, 11) is 1.51. The summed E-state index contributed by atoms with van der Waals surface area (Å²) in [5, 5.41) is 9.06. The van der Waals surface area contributed by atoms with Crippen molar-refractivity contribution in [1.29, 1.82) is 0 Å². The van der Waals surface area contributed by atoms with Crippen molar-refractivity contribution in [3.8, 4) is 0 Å². The van der Waals surface area contributed by atoms with Gasteiger partial charge in [-0.2, -0.15) is 0 Å². The molecule has 2 aromatic rings. The number of carboxylic acid groups (broad SMARTS) is 1. The average molecular weight is 275 g/mol. The van der Waals surface area contributed by atoms with Crippen LogP contribution in [-0.4, -0.2) is 44.4 Å². The average Bonchev–Trinajstić information content (AvgIpc) is 2.80. The van der Waals surface area contributed by atoms with Crippen molar-refractivity contribution in [2.75, 3.05) is 7.05 Å². The number of aromatic nitrogens is 2. The molecule has 0 aliphatic rings. The molecule has 0 fully saturated rings. The molecular weight excluding hydrogens is 258 g/mol. The smallest absolute Gasteiger partial charge is 0.326 e. The maximum atomic E-state index is 12.1. The molecule has 2 rings (SSSR count). The Kier molecular flexibility index (Phi) is 4.02. The Morgan fingerprint density at radius 3 is 2.80 bits per heavy atom. The predicted octanol–water partition coefficient (Wildman–Crippen LogP) is 1.20. The first-order chi connectivity index (χ1) is 9.52. The standard InChI is InChI=1S/C14H17N3O3/c1-3-11(14(19)20)16(2)13(18)8-10-9-17-7-5-4-6-12(17)15-10/h4-7,9,11H,3,8H2,1-2H3,(H,19,20). The molecule has 1 atom stereocenters. The molecule has 1 N–H and O–H groups in total. The fourth-order valence-corrected chi connectivity index (χ4v) is 2.14. The largest absolute Gasteiger partial charge is 0.480 e. The highest BCUT2D eigenvalue weighted by molar-refractivity contribution is 5.84. The SMILES string of the molecule is CCC(C(=O)O)N(C)C(=O)Cc1cn2ccccc2n1. The molecule has 2 aromatic heterocycles. The minimum Gasteiger partial charge on any atom is -0.480 e. The third-order valence-electron chi connectivity index (χ3n) is 3.28. The summed E-state index contributed by atoms with van der Waals surface area (Å²) in [6.07, 6.45) is 4.11. The highest BCUT2D eigenvalue weighted by atomic mass is 16.4. The fraction of sp³-hybridized carbons (Fsp3) is 0.357. The molecule has 0 aliphatic heterocycles. The van der Waals surface area contributed by atoms with Crippen LogP contribution in [0.15, 0.2) is 30.6 Å². The van der Waals surface area contributed by atoms with Crippen LogP contribution in [0.2, 0.25) is 0 Å². The maximum absolute atomic E-state index is 12.1. The Bertz CT molecular complexity index is 602. The summed E-state index contributed by atoms with van der Waals surface area (Å²) in [6, 6.07) is 4.81. The molecule has 20 heavy (non-hydrogen) atoms. The van der Waals surface area contributed by atoms with Crippen molar-refractivity contribution in [2.45, 2.75) is 25.8 Å². The van der Waals surface area contributed by atoms with E-state index in [1.165, 1.54) is 11.9 Å². The second-order valence-electron chi connectivity index (χ2n) is 4.64. The van der Waals surface area contributed by atoms with E-state index in [-0.39, 0.29) is 12.3 Å². The van der Waals surface area contributed by atoms with Crippen molar-refractivity contribution < 1.29 is 14.7 Å². The number of carbonyl (C=O) groups is 2. The molecule has 0 spiro atoms. The lowest BCUT2D eigenvalue weighted by Crippen LogP contribution is -2.42. The number of imidazole rings is 1. The van der Waals surface area contributed by atoms with Crippen LogP contribution in [0.5, 0.6) is 0 Å². The van der Waals surface area contributed by atoms with E-state index in [0.29, 0.717) is 12.1 Å². The van der Waals surface area contributed by atoms with E-state index in [1.807, 2.05) is 28.8 Å². The number of fused-ring (bicyclic) bond motifs is 1. The van der Waals surface area contributed by atoms with Gasteiger partial charge in [-0.05, 0) is 18.6 Å². The van der Waals surface area contributed by atoms with Crippen LogP contribution >= 0.6 is 0 Å². The van der Waals surface area contributed by atoms with Crippen molar-refractivity contribution in [3.63, 3.8) is 0 Å². The van der Waals surface area contributed by atoms with E-state index in [4.69, 9.17) is 5.11 Å². The van der Waals surface area contributed by atoms with E-state index in [1.54, 1.807) is 13.1 Å². The normalized spacial score (nSPS) is 12.3. The Morgan fingerprint density at radius 2 is 2.20 bits per heavy atom. The third kappa shape index (κ3) is 2.79. The molecule has 106 valence electrons. The van der Waals surface area contributed by atoms with Gasteiger partial charge in [-0.25, -0.2) is 9.78 Å². The van der Waals surface area contributed by atoms with E-state index in [2.05, 4.69) is 4.98 Å². The number of carbonyl (C=O) groups excluding carboxylic acids is 1. The van der Waals surface area contributed by atoms with Gasteiger partial charge in [0.25, 0.3) is 0 Å². The molecule has 0 saturated carbocycles. The van der Waals surface area contributed by atoms with Crippen LogP contribution in [0.1, 0.15) is 19.0 Å². The summed E-state index contributed by atoms with van der Waals surface area (Å²) in [6.45, 7) is 1.74. The molecule has 6 nitrogen and oxygen atoms in total. The summed E-state index contributed by atoms with van der Waals surface area (Å²) in [4.78, 5) is 28.8. The number of hydrogen-bond acceptors (Lipinski definition) is 3. The van der Waals surface area contributed by atoms with E-state index in [0.717, 1.165) is 5.65 Å². The first kappa shape index (κ1) is 14.0. The number of carboxylic acids is 1. The first-order valence-electron chi connectivity index (χ1n) is 6.44. The molecule has 0 radical (unpaired) electrons. The second-order valence-corrected chi connectivity index (χ2v) is 4.64. The van der Waals surface area contributed by atoms with Gasteiger partial charge < -0.3 is 14.4 Å². The van der Waals surface area contributed by atoms with E-state index >= 15 is 0 Å². The number of hydrogen-bond donors (Lipinski definition) is 1. The molecule has 2 heterocycles. The summed E-state index contributed by atoms with van der Waals surface area (Å²) in [5.74, 6) is -1.24. The molecule has 1 amide bonds. The minimum absolute atomic E-state index is 0.0992. The zero-order valence-corrected chi connectivity index (χ0v) is 11.5. The molecule has 0 saturated heterocycles. The molecule has 0 aliphatic carbocycles. The summed E-state index contributed by atoms with van der Waals surface area (Å²) >= 11 is 0. The van der Waals surface area contributed by atoms with Crippen molar-refractivity contribution in [1.82, 2.24) is 14.3 Å². The van der Waals surface area contributed by atoms with Crippen LogP contribution in [0, 0.1) is 0 Å². The van der Waals surface area contributed by atoms with Gasteiger partial charge in [0.1, 0.15) is 11.7 Å². The Morgan fingerprint density at radius 1 is 1.45 bits per heavy atom. The van der Waals surface area contributed by atoms with Gasteiger partial charge in [0.05, 0.1) is 12.1 Å². The Labute approximate surface area is 116 Å². The van der Waals surface area contributed by atoms with Gasteiger partial charge in [-0.15, -0.1) is 0 Å². The lowest BCUT2D eigenvalue weighted by molar-refractivity contribution is -0.148. The van der Waals surface area contributed by atoms with Crippen molar-refractivity contribution in [2.24, 2.45) is 0 Å². The molecule has 1 unspecified atom stereocenters. The predicted molar refractivity (Wildman–Crippen MR) is 73.4 cm³/mol. The van der Waals surface area contributed by atoms with Crippen LogP contribution in [0.4, 0.5) is 0 Å². The van der Waals surface area contributed by atoms with Gasteiger partial charge in [-0.3, -0.25) is 4.79 Å². The fourth-order valence-electron chi connectivity index (χ4n) is 2.14. The van der Waals surface area contributed by atoms with Gasteiger partial charge in [0.15, 0.2) is 0 Å². The van der Waals surface area contributed by atoms with E-state index < -0.39 is 12.0 Å². The minimum atomic E-state index is -0.988. The molecule has 6 heteroatoms. The van der Waals surface area contributed by atoms with Crippen molar-refractivity contribution in [3.05, 3.63) is 36.3 Å². The summed E-state index contributed by atoms with van der Waals surface area (Å²) in [5.41, 5.74) is 1.40. The highest BCUT2D eigenvalue weighted by Crippen LogP contribution is 2.09. The number of pyridine rings is 1. The second kappa shape index (κ2) is 5.73. The zero-order chi connectivity index (χ0) is 14.7. The zero-order valence-electron chi connectivity index (χ0n) is 11.5. The topological polar surface area (TPSA) is 74.9 Å². The number of rotatable bonds is 5. The summed E-state index contributed by atoms with van der Waals surface area (Å²) < 4.78 is 1.83. The maximum Gasteiger partial charge on any atom is 0.326 e. The van der Waals surface area contributed by atoms with Gasteiger partial charge >= 0.3 is 5.97 Å². The number of aliphatic carboxylic acids is 1. The third-order valence-corrected chi connectivity index (χ3v) is 3.28. The Balaban J connectivity index is 2.12. The molecule has 0 aromatic carbocycles. The lowest BCUT2D eigenvalue weighted by Gasteiger charge is -2.23. The highest BCUT2D eigenvalue weighted by Gasteiger charge is 2.25. The number of nitrogens with zero attached hydrogens (tertiary/aromatic N) is 3. The van der Waals surface area contributed by atoms with Gasteiger partial charge in [0, 0.05) is 19.4 Å². The van der Waals surface area contributed by atoms with E-state index in [9.17, 15) is 9.59 Å². The molecule has 0 bridgehead atoms. The van der Waals surface area contributed by atoms with Crippen molar-refractivity contribution >= 4 is 17.5 Å². The molecular formula is C14H17N3O3. The lowest BCUT2D eigenvalue weighted by atomic mass is 10.2. The Hall–Kier alpha value is -2.37. The van der Waals surface area contributed by atoms with Gasteiger partial charge in [-0.1, -0.05) is 13.0 Å². The van der Waals surface area contributed by atoms with Crippen LogP contribution in [0.3, 0.4) is 0 Å².